The zero-order valence-corrected chi connectivity index (χ0v) is 14.7. The van der Waals surface area contributed by atoms with Crippen LogP contribution < -0.4 is 4.74 Å². The second kappa shape index (κ2) is 12.5. The maximum Gasteiger partial charge on any atom is 0.305 e. The number of methoxy groups -OCH3 is 1. The van der Waals surface area contributed by atoms with Crippen LogP contribution in [0, 0.1) is 0 Å². The van der Waals surface area contributed by atoms with E-state index in [0.29, 0.717) is 30.9 Å². The molecular formula is C19H29NO4. The summed E-state index contributed by atoms with van der Waals surface area (Å²) in [4.78, 5) is 15.2. The molecule has 1 rings (SSSR count). The minimum absolute atomic E-state index is 0.191. The lowest BCUT2D eigenvalue weighted by molar-refractivity contribution is -0.140. The van der Waals surface area contributed by atoms with Gasteiger partial charge in [0.25, 0.3) is 0 Å². The normalized spacial score (nSPS) is 12.3. The van der Waals surface area contributed by atoms with E-state index in [1.807, 2.05) is 18.2 Å². The van der Waals surface area contributed by atoms with Gasteiger partial charge in [-0.25, -0.2) is 4.98 Å². The standard InChI is InChI=1S/C19H29NO4/c1-3-4-9-15-24-19-16(11-10-14-20-19)17(21)12-7-5-6-8-13-18(22)23-2/h5,7,10-11,14,17,21H,3-4,6,8-9,12-13,15H2,1-2H3/b7-5-. The zero-order valence-electron chi connectivity index (χ0n) is 14.7. The molecule has 1 aromatic rings. The number of hydrogen-bond acceptors (Lipinski definition) is 5. The maximum atomic E-state index is 11.0. The Morgan fingerprint density at radius 3 is 2.92 bits per heavy atom. The lowest BCUT2D eigenvalue weighted by atomic mass is 10.1. The van der Waals surface area contributed by atoms with Gasteiger partial charge in [0.15, 0.2) is 0 Å². The number of rotatable bonds is 12. The Hall–Kier alpha value is -1.88. The Kier molecular flexibility index (Phi) is 10.5. The maximum absolute atomic E-state index is 11.0. The molecule has 1 N–H and O–H groups in total. The number of nitrogens with zero attached hydrogens (tertiary/aromatic N) is 1. The number of unbranched alkanes of at least 4 members (excludes halogenated alkanes) is 3. The molecule has 0 fully saturated rings. The Labute approximate surface area is 144 Å². The molecule has 24 heavy (non-hydrogen) atoms. The highest BCUT2D eigenvalue weighted by Gasteiger charge is 2.13. The summed E-state index contributed by atoms with van der Waals surface area (Å²) in [6.45, 7) is 2.77. The van der Waals surface area contributed by atoms with Gasteiger partial charge in [-0.3, -0.25) is 4.79 Å². The molecule has 0 aliphatic carbocycles. The number of hydrogen-bond donors (Lipinski definition) is 1. The summed E-state index contributed by atoms with van der Waals surface area (Å²) >= 11 is 0. The van der Waals surface area contributed by atoms with Gasteiger partial charge in [-0.1, -0.05) is 31.9 Å². The number of aromatic nitrogens is 1. The third-order valence-corrected chi connectivity index (χ3v) is 3.65. The van der Waals surface area contributed by atoms with E-state index in [2.05, 4.69) is 16.6 Å². The molecule has 1 heterocycles. The molecule has 0 aliphatic heterocycles. The summed E-state index contributed by atoms with van der Waals surface area (Å²) in [7, 11) is 1.39. The third kappa shape index (κ3) is 8.11. The molecule has 134 valence electrons. The Balaban J connectivity index is 2.40. The number of aliphatic hydroxyl groups excluding tert-OH is 1. The predicted octanol–water partition coefficient (Wildman–Crippen LogP) is 3.97. The summed E-state index contributed by atoms with van der Waals surface area (Å²) in [5.41, 5.74) is 0.716. The summed E-state index contributed by atoms with van der Waals surface area (Å²) < 4.78 is 10.3. The van der Waals surface area contributed by atoms with Crippen LogP contribution in [0.25, 0.3) is 0 Å². The quantitative estimate of drug-likeness (QED) is 0.355. The van der Waals surface area contributed by atoms with E-state index in [4.69, 9.17) is 4.74 Å². The van der Waals surface area contributed by atoms with Gasteiger partial charge in [0.2, 0.25) is 5.88 Å². The van der Waals surface area contributed by atoms with Crippen molar-refractivity contribution in [3.05, 3.63) is 36.0 Å². The van der Waals surface area contributed by atoms with E-state index in [1.165, 1.54) is 7.11 Å². The molecule has 0 radical (unpaired) electrons. The molecular weight excluding hydrogens is 306 g/mol. The van der Waals surface area contributed by atoms with E-state index < -0.39 is 6.10 Å². The molecule has 1 unspecified atom stereocenters. The second-order valence-corrected chi connectivity index (χ2v) is 5.64. The molecule has 0 saturated heterocycles. The van der Waals surface area contributed by atoms with Gasteiger partial charge in [0.05, 0.1) is 19.8 Å². The van der Waals surface area contributed by atoms with E-state index in [9.17, 15) is 9.90 Å². The number of esters is 1. The van der Waals surface area contributed by atoms with E-state index >= 15 is 0 Å². The smallest absolute Gasteiger partial charge is 0.305 e. The fraction of sp³-hybridized carbons (Fsp3) is 0.579. The fourth-order valence-electron chi connectivity index (χ4n) is 2.23. The van der Waals surface area contributed by atoms with Crippen LogP contribution in [0.3, 0.4) is 0 Å². The zero-order chi connectivity index (χ0) is 17.6. The van der Waals surface area contributed by atoms with Crippen molar-refractivity contribution in [2.75, 3.05) is 13.7 Å². The summed E-state index contributed by atoms with van der Waals surface area (Å²) in [5.74, 6) is 0.323. The van der Waals surface area contributed by atoms with Crippen LogP contribution in [-0.2, 0) is 9.53 Å². The fourth-order valence-corrected chi connectivity index (χ4v) is 2.23. The molecule has 0 amide bonds. The molecule has 1 atom stereocenters. The van der Waals surface area contributed by atoms with Gasteiger partial charge in [0, 0.05) is 18.2 Å². The Morgan fingerprint density at radius 2 is 2.17 bits per heavy atom. The van der Waals surface area contributed by atoms with Crippen molar-refractivity contribution in [3.63, 3.8) is 0 Å². The molecule has 5 heteroatoms. The van der Waals surface area contributed by atoms with Gasteiger partial charge in [0.1, 0.15) is 0 Å². The van der Waals surface area contributed by atoms with Crippen molar-refractivity contribution >= 4 is 5.97 Å². The van der Waals surface area contributed by atoms with Gasteiger partial charge in [-0.05, 0) is 37.8 Å². The summed E-state index contributed by atoms with van der Waals surface area (Å²) in [6.07, 6.45) is 10.6. The monoisotopic (exact) mass is 335 g/mol. The predicted molar refractivity (Wildman–Crippen MR) is 93.8 cm³/mol. The first-order valence-corrected chi connectivity index (χ1v) is 8.66. The highest BCUT2D eigenvalue weighted by atomic mass is 16.5. The van der Waals surface area contributed by atoms with Crippen LogP contribution in [0.1, 0.15) is 63.5 Å². The van der Waals surface area contributed by atoms with Crippen LogP contribution in [0.4, 0.5) is 0 Å². The number of pyridine rings is 1. The molecule has 0 spiro atoms. The SMILES string of the molecule is CCCCCOc1ncccc1C(O)C/C=C\CCCC(=O)OC. The van der Waals surface area contributed by atoms with E-state index in [-0.39, 0.29) is 5.97 Å². The van der Waals surface area contributed by atoms with E-state index in [0.717, 1.165) is 32.1 Å². The third-order valence-electron chi connectivity index (χ3n) is 3.65. The average molecular weight is 335 g/mol. The summed E-state index contributed by atoms with van der Waals surface area (Å²) in [5, 5.41) is 10.3. The number of allylic oxidation sites excluding steroid dienone is 1. The first-order chi connectivity index (χ1) is 11.7. The average Bonchev–Trinajstić information content (AvgIpc) is 2.61. The lowest BCUT2D eigenvalue weighted by Gasteiger charge is -2.13. The number of carbonyl (C=O) groups excluding carboxylic acids is 1. The van der Waals surface area contributed by atoms with Crippen molar-refractivity contribution in [1.82, 2.24) is 4.98 Å². The number of ether oxygens (including phenoxy) is 2. The summed E-state index contributed by atoms with van der Waals surface area (Å²) in [6, 6.07) is 3.65. The van der Waals surface area contributed by atoms with Crippen molar-refractivity contribution in [2.24, 2.45) is 0 Å². The Morgan fingerprint density at radius 1 is 1.33 bits per heavy atom. The first-order valence-electron chi connectivity index (χ1n) is 8.66. The van der Waals surface area contributed by atoms with Crippen LogP contribution in [0.15, 0.2) is 30.5 Å². The van der Waals surface area contributed by atoms with Crippen molar-refractivity contribution in [2.45, 2.75) is 58.0 Å². The molecule has 0 bridgehead atoms. The lowest BCUT2D eigenvalue weighted by Crippen LogP contribution is -2.05. The van der Waals surface area contributed by atoms with Gasteiger partial charge < -0.3 is 14.6 Å². The van der Waals surface area contributed by atoms with Crippen molar-refractivity contribution < 1.29 is 19.4 Å². The molecule has 5 nitrogen and oxygen atoms in total. The Bertz CT molecular complexity index is 502. The van der Waals surface area contributed by atoms with E-state index in [1.54, 1.807) is 12.3 Å². The molecule has 1 aromatic heterocycles. The van der Waals surface area contributed by atoms with Gasteiger partial charge in [-0.2, -0.15) is 0 Å². The van der Waals surface area contributed by atoms with Gasteiger partial charge >= 0.3 is 5.97 Å². The largest absolute Gasteiger partial charge is 0.477 e. The topological polar surface area (TPSA) is 68.7 Å². The number of aliphatic hydroxyl groups is 1. The first kappa shape index (κ1) is 20.2. The molecule has 0 aromatic carbocycles. The molecule has 0 aliphatic rings. The van der Waals surface area contributed by atoms with Crippen LogP contribution >= 0.6 is 0 Å². The minimum Gasteiger partial charge on any atom is -0.477 e. The van der Waals surface area contributed by atoms with Crippen molar-refractivity contribution in [3.8, 4) is 5.88 Å². The number of carbonyl (C=O) groups is 1. The second-order valence-electron chi connectivity index (χ2n) is 5.64. The molecule has 0 saturated carbocycles. The van der Waals surface area contributed by atoms with Crippen LogP contribution in [0.2, 0.25) is 0 Å². The van der Waals surface area contributed by atoms with Crippen molar-refractivity contribution in [1.29, 1.82) is 0 Å². The highest BCUT2D eigenvalue weighted by Crippen LogP contribution is 2.25. The van der Waals surface area contributed by atoms with Crippen LogP contribution in [0.5, 0.6) is 5.88 Å². The highest BCUT2D eigenvalue weighted by molar-refractivity contribution is 5.69. The van der Waals surface area contributed by atoms with Crippen LogP contribution in [-0.4, -0.2) is 29.8 Å². The minimum atomic E-state index is -0.642. The van der Waals surface area contributed by atoms with Gasteiger partial charge in [-0.15, -0.1) is 0 Å².